The SMILES string of the molecule is CCCCN(CCO)c1ccc2c(c1)sc1cc(/C=C3/N=C(c4ccccc4)N(C)C3=O)sc12. The second kappa shape index (κ2) is 9.70. The van der Waals surface area contributed by atoms with Gasteiger partial charge in [-0.2, -0.15) is 0 Å². The van der Waals surface area contributed by atoms with Gasteiger partial charge in [-0.05, 0) is 30.7 Å². The molecular formula is C27H27N3O2S2. The third-order valence-corrected chi connectivity index (χ3v) is 8.39. The molecule has 174 valence electrons. The maximum Gasteiger partial charge on any atom is 0.277 e. The van der Waals surface area contributed by atoms with E-state index in [1.807, 2.05) is 36.4 Å². The van der Waals surface area contributed by atoms with E-state index in [9.17, 15) is 9.90 Å². The van der Waals surface area contributed by atoms with Crippen molar-refractivity contribution >= 4 is 65.7 Å². The average Bonchev–Trinajstić information content (AvgIpc) is 3.49. The number of carbonyl (C=O) groups is 1. The number of hydrogen-bond acceptors (Lipinski definition) is 6. The predicted octanol–water partition coefficient (Wildman–Crippen LogP) is 5.97. The highest BCUT2D eigenvalue weighted by Crippen LogP contribution is 2.41. The lowest BCUT2D eigenvalue weighted by molar-refractivity contribution is -0.121. The number of nitrogens with zero attached hydrogens (tertiary/aromatic N) is 3. The summed E-state index contributed by atoms with van der Waals surface area (Å²) in [6, 6.07) is 18.5. The number of likely N-dealkylation sites (N-methyl/N-ethyl adjacent to an activating group) is 1. The Hall–Kier alpha value is -3.00. The summed E-state index contributed by atoms with van der Waals surface area (Å²) in [6.07, 6.45) is 4.14. The van der Waals surface area contributed by atoms with Crippen LogP contribution in [-0.2, 0) is 4.79 Å². The van der Waals surface area contributed by atoms with Crippen LogP contribution in [0.15, 0.2) is 65.3 Å². The highest BCUT2D eigenvalue weighted by molar-refractivity contribution is 7.33. The third kappa shape index (κ3) is 4.27. The number of amidine groups is 1. The van der Waals surface area contributed by atoms with Crippen LogP contribution in [0.5, 0.6) is 0 Å². The first-order valence-corrected chi connectivity index (χ1v) is 13.2. The lowest BCUT2D eigenvalue weighted by Gasteiger charge is -2.23. The normalized spacial score (nSPS) is 15.1. The Bertz CT molecular complexity index is 1400. The summed E-state index contributed by atoms with van der Waals surface area (Å²) < 4.78 is 3.71. The first-order valence-electron chi connectivity index (χ1n) is 11.5. The maximum atomic E-state index is 12.8. The van der Waals surface area contributed by atoms with Gasteiger partial charge in [-0.15, -0.1) is 22.7 Å². The van der Waals surface area contributed by atoms with Gasteiger partial charge in [0.15, 0.2) is 0 Å². The molecule has 0 bridgehead atoms. The quantitative estimate of drug-likeness (QED) is 0.310. The molecule has 0 fully saturated rings. The molecule has 5 rings (SSSR count). The second-order valence-corrected chi connectivity index (χ2v) is 10.6. The minimum absolute atomic E-state index is 0.0823. The number of carbonyl (C=O) groups excluding carboxylic acids is 1. The molecular weight excluding hydrogens is 462 g/mol. The molecule has 7 heteroatoms. The number of fused-ring (bicyclic) bond motifs is 3. The second-order valence-electron chi connectivity index (χ2n) is 8.38. The summed E-state index contributed by atoms with van der Waals surface area (Å²) >= 11 is 3.47. The number of aliphatic hydroxyl groups is 1. The number of unbranched alkanes of at least 4 members (excludes halogenated alkanes) is 1. The Morgan fingerprint density at radius 1 is 1.06 bits per heavy atom. The number of rotatable bonds is 8. The van der Waals surface area contributed by atoms with Gasteiger partial charge < -0.3 is 10.0 Å². The van der Waals surface area contributed by atoms with E-state index >= 15 is 0 Å². The number of benzene rings is 2. The van der Waals surface area contributed by atoms with Gasteiger partial charge in [0.05, 0.1) is 11.3 Å². The standard InChI is InChI=1S/C27H27N3O2S2/c1-3-4-12-30(13-14-31)19-10-11-21-23(15-19)34-24-17-20(33-25(21)24)16-22-27(32)29(2)26(28-22)18-8-6-5-7-9-18/h5-11,15-17,31H,3-4,12-14H2,1-2H3/b22-16+. The summed E-state index contributed by atoms with van der Waals surface area (Å²) in [5, 5.41) is 10.7. The lowest BCUT2D eigenvalue weighted by atomic mass is 10.2. The highest BCUT2D eigenvalue weighted by Gasteiger charge is 2.28. The molecule has 2 aromatic heterocycles. The van der Waals surface area contributed by atoms with Crippen LogP contribution in [0, 0.1) is 0 Å². The predicted molar refractivity (Wildman–Crippen MR) is 145 cm³/mol. The summed E-state index contributed by atoms with van der Waals surface area (Å²) in [5.74, 6) is 0.602. The number of aliphatic hydroxyl groups excluding tert-OH is 1. The minimum Gasteiger partial charge on any atom is -0.395 e. The van der Waals surface area contributed by atoms with Crippen molar-refractivity contribution in [2.45, 2.75) is 19.8 Å². The lowest BCUT2D eigenvalue weighted by Crippen LogP contribution is -2.28. The van der Waals surface area contributed by atoms with Gasteiger partial charge in [-0.25, -0.2) is 4.99 Å². The molecule has 0 spiro atoms. The fourth-order valence-corrected chi connectivity index (χ4v) is 6.75. The van der Waals surface area contributed by atoms with Crippen molar-refractivity contribution in [3.63, 3.8) is 0 Å². The van der Waals surface area contributed by atoms with E-state index in [-0.39, 0.29) is 12.5 Å². The molecule has 1 amide bonds. The van der Waals surface area contributed by atoms with Gasteiger partial charge in [0.2, 0.25) is 0 Å². The zero-order chi connectivity index (χ0) is 23.7. The summed E-state index contributed by atoms with van der Waals surface area (Å²) in [4.78, 5) is 22.4. The number of anilines is 1. The first-order chi connectivity index (χ1) is 16.6. The molecule has 0 aliphatic carbocycles. The molecule has 0 atom stereocenters. The van der Waals surface area contributed by atoms with Crippen LogP contribution in [0.4, 0.5) is 5.69 Å². The van der Waals surface area contributed by atoms with Gasteiger partial charge in [0.25, 0.3) is 5.91 Å². The minimum atomic E-state index is -0.0823. The van der Waals surface area contributed by atoms with Gasteiger partial charge in [0.1, 0.15) is 11.5 Å². The van der Waals surface area contributed by atoms with Crippen LogP contribution in [0.2, 0.25) is 0 Å². The Morgan fingerprint density at radius 2 is 1.88 bits per heavy atom. The van der Waals surface area contributed by atoms with Crippen molar-refractivity contribution in [1.82, 2.24) is 4.90 Å². The van der Waals surface area contributed by atoms with Crippen molar-refractivity contribution in [3.8, 4) is 0 Å². The van der Waals surface area contributed by atoms with Crippen LogP contribution in [-0.4, -0.2) is 48.5 Å². The summed E-state index contributed by atoms with van der Waals surface area (Å²) in [6.45, 7) is 3.94. The van der Waals surface area contributed by atoms with Gasteiger partial charge >= 0.3 is 0 Å². The molecule has 5 nitrogen and oxygen atoms in total. The number of amides is 1. The number of aliphatic imine (C=N–C) groups is 1. The molecule has 4 aromatic rings. The largest absolute Gasteiger partial charge is 0.395 e. The van der Waals surface area contributed by atoms with Crippen LogP contribution >= 0.6 is 22.7 Å². The fourth-order valence-electron chi connectivity index (χ4n) is 4.24. The zero-order valence-electron chi connectivity index (χ0n) is 19.3. The topological polar surface area (TPSA) is 56.1 Å². The van der Waals surface area contributed by atoms with E-state index in [1.54, 1.807) is 34.6 Å². The maximum absolute atomic E-state index is 12.8. The Labute approximate surface area is 207 Å². The van der Waals surface area contributed by atoms with Gasteiger partial charge in [-0.3, -0.25) is 9.69 Å². The molecule has 2 aromatic carbocycles. The number of thiophene rings is 2. The molecule has 3 heterocycles. The van der Waals surface area contributed by atoms with E-state index < -0.39 is 0 Å². The molecule has 0 unspecified atom stereocenters. The van der Waals surface area contributed by atoms with Crippen LogP contribution in [0.1, 0.15) is 30.2 Å². The van der Waals surface area contributed by atoms with Crippen LogP contribution in [0.3, 0.4) is 0 Å². The van der Waals surface area contributed by atoms with Crippen molar-refractivity contribution in [3.05, 3.63) is 70.7 Å². The van der Waals surface area contributed by atoms with E-state index in [2.05, 4.69) is 41.1 Å². The van der Waals surface area contributed by atoms with Crippen molar-refractivity contribution in [2.75, 3.05) is 31.6 Å². The molecule has 1 aliphatic heterocycles. The zero-order valence-corrected chi connectivity index (χ0v) is 21.0. The van der Waals surface area contributed by atoms with Crippen molar-refractivity contribution in [1.29, 1.82) is 0 Å². The molecule has 0 radical (unpaired) electrons. The van der Waals surface area contributed by atoms with Crippen LogP contribution < -0.4 is 4.90 Å². The van der Waals surface area contributed by atoms with Crippen LogP contribution in [0.25, 0.3) is 25.6 Å². The molecule has 1 N–H and O–H groups in total. The summed E-state index contributed by atoms with van der Waals surface area (Å²) in [7, 11) is 1.77. The third-order valence-electron chi connectivity index (χ3n) is 6.04. The highest BCUT2D eigenvalue weighted by atomic mass is 32.1. The smallest absolute Gasteiger partial charge is 0.277 e. The Kier molecular flexibility index (Phi) is 6.50. The van der Waals surface area contributed by atoms with E-state index in [4.69, 9.17) is 0 Å². The molecule has 1 aliphatic rings. The average molecular weight is 490 g/mol. The fraction of sp³-hybridized carbons (Fsp3) is 0.259. The van der Waals surface area contributed by atoms with E-state index in [0.29, 0.717) is 18.1 Å². The Morgan fingerprint density at radius 3 is 2.65 bits per heavy atom. The van der Waals surface area contributed by atoms with E-state index in [1.165, 1.54) is 19.5 Å². The monoisotopic (exact) mass is 489 g/mol. The van der Waals surface area contributed by atoms with Gasteiger partial charge in [0, 0.05) is 51.1 Å². The molecule has 0 saturated carbocycles. The van der Waals surface area contributed by atoms with Gasteiger partial charge in [-0.1, -0.05) is 49.7 Å². The summed E-state index contributed by atoms with van der Waals surface area (Å²) in [5.41, 5.74) is 2.57. The van der Waals surface area contributed by atoms with E-state index in [0.717, 1.165) is 35.5 Å². The van der Waals surface area contributed by atoms with Crippen molar-refractivity contribution < 1.29 is 9.90 Å². The Balaban J connectivity index is 1.46. The molecule has 34 heavy (non-hydrogen) atoms. The first kappa shape index (κ1) is 22.8. The number of hydrogen-bond donors (Lipinski definition) is 1. The molecule has 0 saturated heterocycles. The van der Waals surface area contributed by atoms with Crippen molar-refractivity contribution in [2.24, 2.45) is 4.99 Å².